The lowest BCUT2D eigenvalue weighted by Gasteiger charge is -2.26. The number of aromatic hydroxyl groups is 1. The van der Waals surface area contributed by atoms with Crippen LogP contribution in [0.25, 0.3) is 0 Å². The van der Waals surface area contributed by atoms with Crippen molar-refractivity contribution in [2.75, 3.05) is 18.4 Å². The Bertz CT molecular complexity index is 512. The molecule has 1 aromatic carbocycles. The number of phenolic OH excluding ortho intramolecular Hbond substituents is 1. The molecule has 0 aromatic heterocycles. The fourth-order valence-electron chi connectivity index (χ4n) is 2.12. The molecule has 1 aromatic rings. The van der Waals surface area contributed by atoms with Gasteiger partial charge in [0.1, 0.15) is 5.75 Å². The van der Waals surface area contributed by atoms with E-state index in [1.54, 1.807) is 5.01 Å². The molecule has 108 valence electrons. The van der Waals surface area contributed by atoms with Gasteiger partial charge in [-0.25, -0.2) is 14.6 Å². The number of nitrogens with zero attached hydrogens (tertiary/aromatic N) is 1. The SMILES string of the molecule is O=C(Nc1ccc(O)cc1C(=O)O)NN1CCCCC1. The first-order valence-corrected chi connectivity index (χ1v) is 6.45. The van der Waals surface area contributed by atoms with Crippen LogP contribution in [0.2, 0.25) is 0 Å². The first kappa shape index (κ1) is 14.1. The summed E-state index contributed by atoms with van der Waals surface area (Å²) in [5.74, 6) is -1.38. The summed E-state index contributed by atoms with van der Waals surface area (Å²) in [6.45, 7) is 1.57. The number of carboxylic acid groups (broad SMARTS) is 1. The molecule has 7 nitrogen and oxygen atoms in total. The zero-order chi connectivity index (χ0) is 14.5. The molecule has 0 atom stereocenters. The van der Waals surface area contributed by atoms with Crippen LogP contribution in [0.5, 0.6) is 5.75 Å². The van der Waals surface area contributed by atoms with Crippen molar-refractivity contribution in [1.82, 2.24) is 10.4 Å². The average Bonchev–Trinajstić information content (AvgIpc) is 2.41. The molecule has 1 aliphatic heterocycles. The fraction of sp³-hybridized carbons (Fsp3) is 0.385. The van der Waals surface area contributed by atoms with E-state index in [1.807, 2.05) is 0 Å². The van der Waals surface area contributed by atoms with Gasteiger partial charge in [-0.1, -0.05) is 6.42 Å². The maximum Gasteiger partial charge on any atom is 0.337 e. The van der Waals surface area contributed by atoms with Gasteiger partial charge in [0.25, 0.3) is 0 Å². The van der Waals surface area contributed by atoms with Gasteiger partial charge in [-0.15, -0.1) is 0 Å². The lowest BCUT2D eigenvalue weighted by atomic mass is 10.1. The van der Waals surface area contributed by atoms with Crippen molar-refractivity contribution in [3.05, 3.63) is 23.8 Å². The molecule has 0 unspecified atom stereocenters. The molecule has 1 saturated heterocycles. The van der Waals surface area contributed by atoms with Gasteiger partial charge >= 0.3 is 12.0 Å². The number of nitrogens with one attached hydrogen (secondary N) is 2. The number of urea groups is 1. The Morgan fingerprint density at radius 3 is 2.50 bits per heavy atom. The van der Waals surface area contributed by atoms with E-state index in [2.05, 4.69) is 10.7 Å². The summed E-state index contributed by atoms with van der Waals surface area (Å²) in [6, 6.07) is 3.29. The third-order valence-corrected chi connectivity index (χ3v) is 3.10. The Balaban J connectivity index is 2.01. The summed E-state index contributed by atoms with van der Waals surface area (Å²) in [5, 5.41) is 22.6. The van der Waals surface area contributed by atoms with Gasteiger partial charge in [0.2, 0.25) is 0 Å². The molecule has 1 fully saturated rings. The second kappa shape index (κ2) is 6.25. The highest BCUT2D eigenvalue weighted by molar-refractivity contribution is 6.00. The number of carbonyl (C=O) groups is 2. The van der Waals surface area contributed by atoms with E-state index in [1.165, 1.54) is 12.1 Å². The molecule has 1 heterocycles. The molecule has 7 heteroatoms. The van der Waals surface area contributed by atoms with Crippen molar-refractivity contribution in [2.24, 2.45) is 0 Å². The van der Waals surface area contributed by atoms with Crippen LogP contribution in [0.15, 0.2) is 18.2 Å². The molecule has 0 bridgehead atoms. The number of hydrogen-bond acceptors (Lipinski definition) is 4. The number of carbonyl (C=O) groups excluding carboxylic acids is 1. The van der Waals surface area contributed by atoms with E-state index in [0.29, 0.717) is 0 Å². The van der Waals surface area contributed by atoms with E-state index >= 15 is 0 Å². The minimum Gasteiger partial charge on any atom is -0.508 e. The van der Waals surface area contributed by atoms with Crippen LogP contribution in [0.1, 0.15) is 29.6 Å². The van der Waals surface area contributed by atoms with E-state index in [0.717, 1.165) is 38.4 Å². The number of hydrogen-bond donors (Lipinski definition) is 4. The smallest absolute Gasteiger partial charge is 0.337 e. The summed E-state index contributed by atoms with van der Waals surface area (Å²) < 4.78 is 0. The van der Waals surface area contributed by atoms with Crippen molar-refractivity contribution in [2.45, 2.75) is 19.3 Å². The highest BCUT2D eigenvalue weighted by Crippen LogP contribution is 2.21. The molecule has 4 N–H and O–H groups in total. The summed E-state index contributed by atoms with van der Waals surface area (Å²) in [6.07, 6.45) is 3.21. The van der Waals surface area contributed by atoms with Crippen LogP contribution >= 0.6 is 0 Å². The van der Waals surface area contributed by atoms with E-state index in [9.17, 15) is 14.7 Å². The second-order valence-corrected chi connectivity index (χ2v) is 4.65. The van der Waals surface area contributed by atoms with Crippen LogP contribution in [-0.4, -0.2) is 40.3 Å². The number of carboxylic acids is 1. The largest absolute Gasteiger partial charge is 0.508 e. The highest BCUT2D eigenvalue weighted by Gasteiger charge is 2.16. The number of hydrazine groups is 1. The molecular weight excluding hydrogens is 262 g/mol. The van der Waals surface area contributed by atoms with E-state index < -0.39 is 12.0 Å². The van der Waals surface area contributed by atoms with Crippen molar-refractivity contribution < 1.29 is 19.8 Å². The quantitative estimate of drug-likeness (QED) is 0.630. The monoisotopic (exact) mass is 279 g/mol. The first-order valence-electron chi connectivity index (χ1n) is 6.45. The number of anilines is 1. The topological polar surface area (TPSA) is 102 Å². The van der Waals surface area contributed by atoms with Crippen LogP contribution in [0.4, 0.5) is 10.5 Å². The van der Waals surface area contributed by atoms with Crippen molar-refractivity contribution in [1.29, 1.82) is 0 Å². The molecule has 0 aliphatic carbocycles. The van der Waals surface area contributed by atoms with E-state index in [4.69, 9.17) is 5.11 Å². The molecule has 20 heavy (non-hydrogen) atoms. The predicted molar refractivity (Wildman–Crippen MR) is 72.6 cm³/mol. The van der Waals surface area contributed by atoms with Gasteiger partial charge in [-0.3, -0.25) is 5.43 Å². The van der Waals surface area contributed by atoms with Gasteiger partial charge in [-0.05, 0) is 31.0 Å². The minimum atomic E-state index is -1.21. The normalized spacial score (nSPS) is 15.6. The molecular formula is C13H17N3O4. The summed E-state index contributed by atoms with van der Waals surface area (Å²) in [5.41, 5.74) is 2.67. The molecule has 2 rings (SSSR count). The molecule has 2 amide bonds. The standard InChI is InChI=1S/C13H17N3O4/c17-9-4-5-11(10(8-9)12(18)19)14-13(20)15-16-6-2-1-3-7-16/h4-5,8,17H,1-3,6-7H2,(H,18,19)(H2,14,15,20). The number of aromatic carboxylic acids is 1. The first-order chi connectivity index (χ1) is 9.56. The number of piperidine rings is 1. The van der Waals surface area contributed by atoms with Crippen LogP contribution in [0.3, 0.4) is 0 Å². The Morgan fingerprint density at radius 2 is 1.85 bits per heavy atom. The van der Waals surface area contributed by atoms with Gasteiger partial charge in [0.05, 0.1) is 11.3 Å². The van der Waals surface area contributed by atoms with Crippen LogP contribution in [0, 0.1) is 0 Å². The molecule has 0 radical (unpaired) electrons. The lowest BCUT2D eigenvalue weighted by molar-refractivity contribution is 0.0697. The van der Waals surface area contributed by atoms with Crippen molar-refractivity contribution in [3.8, 4) is 5.75 Å². The van der Waals surface area contributed by atoms with Gasteiger partial charge in [-0.2, -0.15) is 0 Å². The van der Waals surface area contributed by atoms with Crippen molar-refractivity contribution >= 4 is 17.7 Å². The van der Waals surface area contributed by atoms with Crippen molar-refractivity contribution in [3.63, 3.8) is 0 Å². The molecule has 0 spiro atoms. The predicted octanol–water partition coefficient (Wildman–Crippen LogP) is 1.61. The van der Waals surface area contributed by atoms with Gasteiger partial charge in [0, 0.05) is 13.1 Å². The Morgan fingerprint density at radius 1 is 1.15 bits per heavy atom. The Labute approximate surface area is 116 Å². The number of amides is 2. The highest BCUT2D eigenvalue weighted by atomic mass is 16.4. The number of phenols is 1. The van der Waals surface area contributed by atoms with Crippen LogP contribution < -0.4 is 10.7 Å². The maximum absolute atomic E-state index is 11.8. The zero-order valence-electron chi connectivity index (χ0n) is 10.9. The second-order valence-electron chi connectivity index (χ2n) is 4.65. The summed E-state index contributed by atoms with van der Waals surface area (Å²) in [7, 11) is 0. The Hall–Kier alpha value is -2.28. The Kier molecular flexibility index (Phi) is 4.41. The summed E-state index contributed by atoms with van der Waals surface area (Å²) >= 11 is 0. The van der Waals surface area contributed by atoms with Crippen LogP contribution in [-0.2, 0) is 0 Å². The zero-order valence-corrected chi connectivity index (χ0v) is 10.9. The number of benzene rings is 1. The average molecular weight is 279 g/mol. The maximum atomic E-state index is 11.8. The lowest BCUT2D eigenvalue weighted by Crippen LogP contribution is -2.46. The van der Waals surface area contributed by atoms with E-state index in [-0.39, 0.29) is 17.0 Å². The third-order valence-electron chi connectivity index (χ3n) is 3.10. The van der Waals surface area contributed by atoms with Gasteiger partial charge < -0.3 is 15.5 Å². The number of rotatable bonds is 3. The summed E-state index contributed by atoms with van der Waals surface area (Å²) in [4.78, 5) is 22.9. The van der Waals surface area contributed by atoms with Gasteiger partial charge in [0.15, 0.2) is 0 Å². The molecule has 0 saturated carbocycles. The minimum absolute atomic E-state index is 0.143. The fourth-order valence-corrected chi connectivity index (χ4v) is 2.12. The third kappa shape index (κ3) is 3.61. The molecule has 1 aliphatic rings.